The number of para-hydroxylation sites is 1. The van der Waals surface area contributed by atoms with E-state index in [1.54, 1.807) is 0 Å². The van der Waals surface area contributed by atoms with Crippen LogP contribution in [0.1, 0.15) is 22.7 Å². The molecule has 0 radical (unpaired) electrons. The average Bonchev–Trinajstić information content (AvgIpc) is 2.77. The molecule has 2 N–H and O–H groups in total. The van der Waals surface area contributed by atoms with E-state index >= 15 is 0 Å². The highest BCUT2D eigenvalue weighted by Crippen LogP contribution is 2.24. The van der Waals surface area contributed by atoms with Crippen molar-refractivity contribution in [3.8, 4) is 0 Å². The zero-order chi connectivity index (χ0) is 22.4. The molecule has 0 saturated carbocycles. The first-order chi connectivity index (χ1) is 14.9. The van der Waals surface area contributed by atoms with E-state index in [-0.39, 0.29) is 6.04 Å². The van der Waals surface area contributed by atoms with E-state index in [0.717, 1.165) is 35.5 Å². The van der Waals surface area contributed by atoms with Crippen LogP contribution in [0.3, 0.4) is 0 Å². The van der Waals surface area contributed by atoms with Crippen molar-refractivity contribution >= 4 is 23.2 Å². The fourth-order valence-corrected chi connectivity index (χ4v) is 3.79. The number of ether oxygens (including phenoxy) is 1. The molecule has 1 aliphatic heterocycles. The Labute approximate surface area is 184 Å². The van der Waals surface area contributed by atoms with Crippen molar-refractivity contribution in [3.63, 3.8) is 0 Å². The fourth-order valence-electron chi connectivity index (χ4n) is 3.79. The summed E-state index contributed by atoms with van der Waals surface area (Å²) in [5.41, 5.74) is 4.75. The quantitative estimate of drug-likeness (QED) is 0.697. The van der Waals surface area contributed by atoms with Gasteiger partial charge in [-0.3, -0.25) is 14.5 Å². The third-order valence-electron chi connectivity index (χ3n) is 5.66. The molecule has 166 valence electrons. The largest absolute Gasteiger partial charge is 0.379 e. The normalized spacial score (nSPS) is 15.2. The van der Waals surface area contributed by atoms with Gasteiger partial charge in [0.2, 0.25) is 0 Å². The highest BCUT2D eigenvalue weighted by atomic mass is 16.5. The zero-order valence-corrected chi connectivity index (χ0v) is 18.8. The van der Waals surface area contributed by atoms with E-state index in [1.807, 2.05) is 51.0 Å². The molecule has 3 rings (SSSR count). The number of carbonyl (C=O) groups is 2. The maximum Gasteiger partial charge on any atom is 0.313 e. The number of benzene rings is 2. The maximum absolute atomic E-state index is 12.6. The van der Waals surface area contributed by atoms with Crippen LogP contribution in [0.15, 0.2) is 42.5 Å². The lowest BCUT2D eigenvalue weighted by molar-refractivity contribution is -0.136. The molecule has 7 heteroatoms. The second kappa shape index (κ2) is 10.4. The lowest BCUT2D eigenvalue weighted by Gasteiger charge is -2.35. The van der Waals surface area contributed by atoms with Gasteiger partial charge >= 0.3 is 11.8 Å². The molecule has 1 aliphatic rings. The number of carbonyl (C=O) groups excluding carboxylic acids is 2. The number of morpholine rings is 1. The Bertz CT molecular complexity index is 885. The van der Waals surface area contributed by atoms with Crippen LogP contribution in [0.5, 0.6) is 0 Å². The molecule has 1 atom stereocenters. The molecular formula is C24H32N4O3. The van der Waals surface area contributed by atoms with Crippen molar-refractivity contribution in [1.29, 1.82) is 0 Å². The Morgan fingerprint density at radius 2 is 1.61 bits per heavy atom. The second-order valence-corrected chi connectivity index (χ2v) is 8.08. The van der Waals surface area contributed by atoms with Gasteiger partial charge in [0.15, 0.2) is 0 Å². The fraction of sp³-hybridized carbons (Fsp3) is 0.417. The first-order valence-corrected chi connectivity index (χ1v) is 10.6. The van der Waals surface area contributed by atoms with E-state index in [4.69, 9.17) is 4.74 Å². The van der Waals surface area contributed by atoms with Crippen molar-refractivity contribution in [2.75, 3.05) is 57.2 Å². The molecule has 1 fully saturated rings. The smallest absolute Gasteiger partial charge is 0.313 e. The Morgan fingerprint density at radius 1 is 1.00 bits per heavy atom. The Kier molecular flexibility index (Phi) is 7.65. The summed E-state index contributed by atoms with van der Waals surface area (Å²) >= 11 is 0. The summed E-state index contributed by atoms with van der Waals surface area (Å²) in [6.45, 7) is 7.05. The van der Waals surface area contributed by atoms with Gasteiger partial charge < -0.3 is 20.3 Å². The Balaban J connectivity index is 1.69. The van der Waals surface area contributed by atoms with Gasteiger partial charge in [-0.15, -0.1) is 0 Å². The standard InChI is InChI=1S/C24H32N4O3/c1-17-6-5-7-18(2)22(17)26-24(30)23(29)25-16-21(28-12-14-31-15-13-28)19-8-10-20(11-9-19)27(3)4/h5-11,21H,12-16H2,1-4H3,(H,25,29)(H,26,30)/t21-/m0/s1. The van der Waals surface area contributed by atoms with Crippen molar-refractivity contribution in [1.82, 2.24) is 10.2 Å². The summed E-state index contributed by atoms with van der Waals surface area (Å²) in [7, 11) is 4.01. The first kappa shape index (κ1) is 22.8. The molecule has 1 heterocycles. The van der Waals surface area contributed by atoms with Crippen LogP contribution in [0, 0.1) is 13.8 Å². The highest BCUT2D eigenvalue weighted by molar-refractivity contribution is 6.39. The van der Waals surface area contributed by atoms with Crippen LogP contribution in [0.25, 0.3) is 0 Å². The predicted molar refractivity (Wildman–Crippen MR) is 123 cm³/mol. The number of rotatable bonds is 6. The van der Waals surface area contributed by atoms with Crippen LogP contribution >= 0.6 is 0 Å². The molecule has 0 unspecified atom stereocenters. The minimum absolute atomic E-state index is 0.0305. The van der Waals surface area contributed by atoms with Gasteiger partial charge in [0.1, 0.15) is 0 Å². The Morgan fingerprint density at radius 3 is 2.19 bits per heavy atom. The monoisotopic (exact) mass is 424 g/mol. The van der Waals surface area contributed by atoms with E-state index in [9.17, 15) is 9.59 Å². The van der Waals surface area contributed by atoms with E-state index < -0.39 is 11.8 Å². The zero-order valence-electron chi connectivity index (χ0n) is 18.8. The van der Waals surface area contributed by atoms with Crippen LogP contribution in [0.2, 0.25) is 0 Å². The lowest BCUT2D eigenvalue weighted by atomic mass is 10.0. The van der Waals surface area contributed by atoms with Gasteiger partial charge in [0.25, 0.3) is 0 Å². The van der Waals surface area contributed by atoms with Crippen LogP contribution < -0.4 is 15.5 Å². The molecule has 31 heavy (non-hydrogen) atoms. The summed E-state index contributed by atoms with van der Waals surface area (Å²) < 4.78 is 5.49. The third-order valence-corrected chi connectivity index (χ3v) is 5.66. The third kappa shape index (κ3) is 5.83. The van der Waals surface area contributed by atoms with Crippen LogP contribution in [0.4, 0.5) is 11.4 Å². The molecule has 7 nitrogen and oxygen atoms in total. The average molecular weight is 425 g/mol. The molecule has 1 saturated heterocycles. The van der Waals surface area contributed by atoms with Gasteiger partial charge in [-0.1, -0.05) is 30.3 Å². The second-order valence-electron chi connectivity index (χ2n) is 8.08. The highest BCUT2D eigenvalue weighted by Gasteiger charge is 2.25. The summed E-state index contributed by atoms with van der Waals surface area (Å²) in [6.07, 6.45) is 0. The summed E-state index contributed by atoms with van der Waals surface area (Å²) in [4.78, 5) is 29.4. The Hall–Kier alpha value is -2.90. The minimum Gasteiger partial charge on any atom is -0.379 e. The first-order valence-electron chi connectivity index (χ1n) is 10.6. The number of nitrogens with one attached hydrogen (secondary N) is 2. The van der Waals surface area contributed by atoms with Gasteiger partial charge in [0.05, 0.1) is 19.3 Å². The SMILES string of the molecule is Cc1cccc(C)c1NC(=O)C(=O)NC[C@@H](c1ccc(N(C)C)cc1)N1CCOCC1. The molecular weight excluding hydrogens is 392 g/mol. The van der Waals surface area contributed by atoms with Crippen molar-refractivity contribution in [2.45, 2.75) is 19.9 Å². The summed E-state index contributed by atoms with van der Waals surface area (Å²) in [6, 6.07) is 14.0. The van der Waals surface area contributed by atoms with Gasteiger partial charge in [-0.05, 0) is 42.7 Å². The van der Waals surface area contributed by atoms with Gasteiger partial charge in [-0.2, -0.15) is 0 Å². The number of amides is 2. The number of anilines is 2. The van der Waals surface area contributed by atoms with E-state index in [2.05, 4.69) is 39.8 Å². The predicted octanol–water partition coefficient (Wildman–Crippen LogP) is 2.50. The van der Waals surface area contributed by atoms with E-state index in [1.165, 1.54) is 0 Å². The molecule has 0 aliphatic carbocycles. The minimum atomic E-state index is -0.652. The molecule has 0 bridgehead atoms. The van der Waals surface area contributed by atoms with Crippen LogP contribution in [-0.4, -0.2) is 63.7 Å². The van der Waals surface area contributed by atoms with Crippen molar-refractivity contribution < 1.29 is 14.3 Å². The lowest BCUT2D eigenvalue weighted by Crippen LogP contribution is -2.45. The molecule has 2 aromatic rings. The number of aryl methyl sites for hydroxylation is 2. The number of nitrogens with zero attached hydrogens (tertiary/aromatic N) is 2. The summed E-state index contributed by atoms with van der Waals surface area (Å²) in [5.74, 6) is -1.29. The van der Waals surface area contributed by atoms with E-state index in [0.29, 0.717) is 25.4 Å². The van der Waals surface area contributed by atoms with Gasteiger partial charge in [0, 0.05) is 45.1 Å². The molecule has 0 aromatic heterocycles. The van der Waals surface area contributed by atoms with Crippen LogP contribution in [-0.2, 0) is 14.3 Å². The molecule has 0 spiro atoms. The molecule has 2 aromatic carbocycles. The van der Waals surface area contributed by atoms with Crippen molar-refractivity contribution in [2.24, 2.45) is 0 Å². The number of hydrogen-bond acceptors (Lipinski definition) is 5. The number of hydrogen-bond donors (Lipinski definition) is 2. The van der Waals surface area contributed by atoms with Gasteiger partial charge in [-0.25, -0.2) is 0 Å². The topological polar surface area (TPSA) is 73.9 Å². The summed E-state index contributed by atoms with van der Waals surface area (Å²) in [5, 5.41) is 5.58. The molecule has 2 amide bonds. The van der Waals surface area contributed by atoms with Crippen molar-refractivity contribution in [3.05, 3.63) is 59.2 Å². The maximum atomic E-state index is 12.6.